The number of halogens is 1. The predicted molar refractivity (Wildman–Crippen MR) is 93.5 cm³/mol. The van der Waals surface area contributed by atoms with Gasteiger partial charge < -0.3 is 15.0 Å². The van der Waals surface area contributed by atoms with Crippen molar-refractivity contribution in [2.45, 2.75) is 24.9 Å². The zero-order chi connectivity index (χ0) is 18.1. The number of hydrogen-bond acceptors (Lipinski definition) is 6. The molecule has 1 amide bonds. The molecule has 2 fully saturated rings. The number of rotatable bonds is 4. The van der Waals surface area contributed by atoms with Crippen LogP contribution in [0.4, 0.5) is 10.2 Å². The van der Waals surface area contributed by atoms with Gasteiger partial charge in [0, 0.05) is 39.6 Å². The molecule has 0 aromatic carbocycles. The lowest BCUT2D eigenvalue weighted by Crippen LogP contribution is -2.49. The second-order valence-electron chi connectivity index (χ2n) is 7.12. The van der Waals surface area contributed by atoms with E-state index in [2.05, 4.69) is 25.3 Å². The Hall–Kier alpha value is -2.29. The third kappa shape index (κ3) is 3.23. The number of alkyl halides is 1. The van der Waals surface area contributed by atoms with Crippen molar-refractivity contribution in [3.63, 3.8) is 0 Å². The molecular weight excluding hydrogens is 339 g/mol. The molecular formula is C17H23FN6O2. The molecule has 8 nitrogen and oxygen atoms in total. The van der Waals surface area contributed by atoms with Crippen LogP contribution in [0.2, 0.25) is 0 Å². The average Bonchev–Trinajstić information content (AvgIpc) is 3.31. The number of carbonyl (C=O) groups is 1. The number of ether oxygens (including phenoxy) is 1. The van der Waals surface area contributed by atoms with E-state index in [9.17, 15) is 4.79 Å². The highest BCUT2D eigenvalue weighted by atomic mass is 19.1. The molecule has 0 bridgehead atoms. The lowest BCUT2D eigenvalue weighted by molar-refractivity contribution is -0.125. The third-order valence-electron chi connectivity index (χ3n) is 5.35. The number of fused-ring (bicyclic) bond motifs is 1. The number of aryl methyl sites for hydroxylation is 1. The van der Waals surface area contributed by atoms with Crippen LogP contribution < -0.4 is 10.2 Å². The van der Waals surface area contributed by atoms with E-state index in [1.165, 1.54) is 6.33 Å². The standard InChI is InChI=1S/C17H23FN6O2/c1-23-14-13(8-22-23)15(21-11-20-14)24-5-3-17(18,4-6-24)10-19-16(25)12-2-7-26-9-12/h8,11-12H,2-7,9-10H2,1H3,(H,19,25). The van der Waals surface area contributed by atoms with Gasteiger partial charge in [0.05, 0.1) is 30.7 Å². The first-order chi connectivity index (χ1) is 12.6. The van der Waals surface area contributed by atoms with Crippen LogP contribution >= 0.6 is 0 Å². The van der Waals surface area contributed by atoms with Crippen LogP contribution in [0.15, 0.2) is 12.5 Å². The molecule has 9 heteroatoms. The molecule has 4 rings (SSSR count). The van der Waals surface area contributed by atoms with E-state index in [-0.39, 0.29) is 18.4 Å². The number of nitrogens with zero attached hydrogens (tertiary/aromatic N) is 5. The van der Waals surface area contributed by atoms with Crippen LogP contribution in [0.3, 0.4) is 0 Å². The minimum Gasteiger partial charge on any atom is -0.381 e. The number of nitrogens with one attached hydrogen (secondary N) is 1. The first-order valence-electron chi connectivity index (χ1n) is 8.98. The normalized spacial score (nSPS) is 22.7. The Morgan fingerprint density at radius 2 is 2.23 bits per heavy atom. The van der Waals surface area contributed by atoms with E-state index in [4.69, 9.17) is 4.74 Å². The van der Waals surface area contributed by atoms with E-state index in [0.29, 0.717) is 45.6 Å². The largest absolute Gasteiger partial charge is 0.381 e. The van der Waals surface area contributed by atoms with E-state index in [1.807, 2.05) is 7.05 Å². The summed E-state index contributed by atoms with van der Waals surface area (Å²) >= 11 is 0. The highest BCUT2D eigenvalue weighted by molar-refractivity contribution is 5.86. The summed E-state index contributed by atoms with van der Waals surface area (Å²) in [5.74, 6) is 0.547. The molecule has 0 radical (unpaired) electrons. The van der Waals surface area contributed by atoms with Gasteiger partial charge in [0.2, 0.25) is 5.91 Å². The fourth-order valence-corrected chi connectivity index (χ4v) is 3.63. The van der Waals surface area contributed by atoms with Crippen molar-refractivity contribution >= 4 is 22.8 Å². The van der Waals surface area contributed by atoms with E-state index in [1.54, 1.807) is 10.9 Å². The highest BCUT2D eigenvalue weighted by Crippen LogP contribution is 2.31. The Balaban J connectivity index is 1.37. The van der Waals surface area contributed by atoms with Crippen molar-refractivity contribution < 1.29 is 13.9 Å². The second kappa shape index (κ2) is 6.79. The maximum atomic E-state index is 15.1. The van der Waals surface area contributed by atoms with Gasteiger partial charge in [-0.2, -0.15) is 5.10 Å². The number of aromatic nitrogens is 4. The number of anilines is 1. The van der Waals surface area contributed by atoms with Crippen molar-refractivity contribution in [2.24, 2.45) is 13.0 Å². The fourth-order valence-electron chi connectivity index (χ4n) is 3.63. The minimum absolute atomic E-state index is 0.0578. The lowest BCUT2D eigenvalue weighted by atomic mass is 9.92. The molecule has 0 saturated carbocycles. The maximum absolute atomic E-state index is 15.1. The Kier molecular flexibility index (Phi) is 4.47. The maximum Gasteiger partial charge on any atom is 0.225 e. The van der Waals surface area contributed by atoms with Crippen LogP contribution in [0.5, 0.6) is 0 Å². The van der Waals surface area contributed by atoms with Crippen LogP contribution in [-0.2, 0) is 16.6 Å². The van der Waals surface area contributed by atoms with E-state index < -0.39 is 5.67 Å². The van der Waals surface area contributed by atoms with Gasteiger partial charge in [0.1, 0.15) is 17.8 Å². The second-order valence-corrected chi connectivity index (χ2v) is 7.12. The lowest BCUT2D eigenvalue weighted by Gasteiger charge is -2.37. The zero-order valence-corrected chi connectivity index (χ0v) is 14.8. The van der Waals surface area contributed by atoms with Crippen molar-refractivity contribution in [1.82, 2.24) is 25.1 Å². The predicted octanol–water partition coefficient (Wildman–Crippen LogP) is 0.825. The molecule has 0 spiro atoms. The molecule has 2 aromatic rings. The van der Waals surface area contributed by atoms with Crippen LogP contribution in [0, 0.1) is 5.92 Å². The van der Waals surface area contributed by atoms with Gasteiger partial charge in [-0.15, -0.1) is 0 Å². The zero-order valence-electron chi connectivity index (χ0n) is 14.8. The molecule has 140 valence electrons. The van der Waals surface area contributed by atoms with Crippen molar-refractivity contribution in [1.29, 1.82) is 0 Å². The van der Waals surface area contributed by atoms with Gasteiger partial charge in [-0.3, -0.25) is 9.48 Å². The van der Waals surface area contributed by atoms with Gasteiger partial charge in [0.15, 0.2) is 5.65 Å². The van der Waals surface area contributed by atoms with E-state index in [0.717, 1.165) is 16.9 Å². The molecule has 2 saturated heterocycles. The van der Waals surface area contributed by atoms with Gasteiger partial charge in [-0.1, -0.05) is 0 Å². The molecule has 1 atom stereocenters. The Labute approximate surface area is 150 Å². The molecule has 0 aliphatic carbocycles. The molecule has 1 N–H and O–H groups in total. The number of amides is 1. The minimum atomic E-state index is -1.38. The summed E-state index contributed by atoms with van der Waals surface area (Å²) in [6, 6.07) is 0. The smallest absolute Gasteiger partial charge is 0.225 e. The quantitative estimate of drug-likeness (QED) is 0.867. The first-order valence-corrected chi connectivity index (χ1v) is 8.98. The monoisotopic (exact) mass is 362 g/mol. The first kappa shape index (κ1) is 17.1. The van der Waals surface area contributed by atoms with Gasteiger partial charge in [-0.25, -0.2) is 14.4 Å². The average molecular weight is 362 g/mol. The van der Waals surface area contributed by atoms with E-state index >= 15 is 4.39 Å². The number of piperidine rings is 1. The summed E-state index contributed by atoms with van der Waals surface area (Å²) in [5.41, 5.74) is -0.620. The van der Waals surface area contributed by atoms with Crippen LogP contribution in [-0.4, -0.2) is 64.2 Å². The van der Waals surface area contributed by atoms with Crippen molar-refractivity contribution in [3.8, 4) is 0 Å². The topological polar surface area (TPSA) is 85.2 Å². The Bertz CT molecular complexity index is 796. The van der Waals surface area contributed by atoms with Crippen molar-refractivity contribution in [2.75, 3.05) is 37.7 Å². The van der Waals surface area contributed by atoms with Gasteiger partial charge >= 0.3 is 0 Å². The number of carbonyl (C=O) groups excluding carboxylic acids is 1. The van der Waals surface area contributed by atoms with Crippen LogP contribution in [0.25, 0.3) is 11.0 Å². The Morgan fingerprint density at radius 3 is 2.96 bits per heavy atom. The molecule has 1 unspecified atom stereocenters. The summed E-state index contributed by atoms with van der Waals surface area (Å²) in [6.45, 7) is 2.19. The summed E-state index contributed by atoms with van der Waals surface area (Å²) in [5, 5.41) is 7.86. The molecule has 2 aromatic heterocycles. The molecule has 4 heterocycles. The number of hydrogen-bond donors (Lipinski definition) is 1. The fraction of sp³-hybridized carbons (Fsp3) is 0.647. The Morgan fingerprint density at radius 1 is 1.42 bits per heavy atom. The third-order valence-corrected chi connectivity index (χ3v) is 5.35. The van der Waals surface area contributed by atoms with Gasteiger partial charge in [-0.05, 0) is 6.42 Å². The summed E-state index contributed by atoms with van der Waals surface area (Å²) in [6.07, 6.45) is 4.67. The molecule has 2 aliphatic rings. The van der Waals surface area contributed by atoms with Crippen molar-refractivity contribution in [3.05, 3.63) is 12.5 Å². The summed E-state index contributed by atoms with van der Waals surface area (Å²) in [7, 11) is 1.83. The SMILES string of the molecule is Cn1ncc2c(N3CCC(F)(CNC(=O)C4CCOC4)CC3)ncnc21. The summed E-state index contributed by atoms with van der Waals surface area (Å²) < 4.78 is 22.0. The summed E-state index contributed by atoms with van der Waals surface area (Å²) in [4.78, 5) is 22.8. The highest BCUT2D eigenvalue weighted by Gasteiger charge is 2.36. The van der Waals surface area contributed by atoms with Crippen LogP contribution in [0.1, 0.15) is 19.3 Å². The molecule has 2 aliphatic heterocycles. The molecule has 26 heavy (non-hydrogen) atoms. The van der Waals surface area contributed by atoms with Gasteiger partial charge in [0.25, 0.3) is 0 Å².